The molecule has 0 aliphatic rings. The van der Waals surface area contributed by atoms with E-state index in [4.69, 9.17) is 5.73 Å². The third kappa shape index (κ3) is 2.93. The molecule has 1 aromatic rings. The van der Waals surface area contributed by atoms with Crippen LogP contribution in [0.3, 0.4) is 0 Å². The number of thiophene rings is 1. The highest BCUT2D eigenvalue weighted by Crippen LogP contribution is 2.26. The van der Waals surface area contributed by atoms with Crippen LogP contribution in [0.2, 0.25) is 0 Å². The molecule has 7 heteroatoms. The molecule has 0 bridgehead atoms. The molecule has 4 N–H and O–H groups in total. The van der Waals surface area contributed by atoms with Crippen molar-refractivity contribution in [3.8, 4) is 0 Å². The van der Waals surface area contributed by atoms with Crippen molar-refractivity contribution in [2.75, 3.05) is 0 Å². The van der Waals surface area contributed by atoms with Crippen LogP contribution in [-0.4, -0.2) is 11.0 Å². The average molecular weight is 294 g/mol. The van der Waals surface area contributed by atoms with Crippen molar-refractivity contribution in [3.05, 3.63) is 20.3 Å². The first-order valence-corrected chi connectivity index (χ1v) is 5.64. The zero-order valence-corrected chi connectivity index (χ0v) is 10.5. The summed E-state index contributed by atoms with van der Waals surface area (Å²) in [6, 6.07) is 1.78. The molecule has 76 valence electrons. The molecule has 1 aromatic heterocycles. The predicted molar refractivity (Wildman–Crippen MR) is 64.1 cm³/mol. The second-order valence-electron chi connectivity index (χ2n) is 2.51. The highest BCUT2D eigenvalue weighted by Gasteiger charge is 2.10. The Morgan fingerprint density at radius 2 is 2.29 bits per heavy atom. The Labute approximate surface area is 99.0 Å². The van der Waals surface area contributed by atoms with Crippen molar-refractivity contribution in [2.45, 2.75) is 6.92 Å². The van der Waals surface area contributed by atoms with Crippen LogP contribution in [0.5, 0.6) is 0 Å². The van der Waals surface area contributed by atoms with Gasteiger partial charge in [-0.05, 0) is 46.7 Å². The van der Waals surface area contributed by atoms with Crippen LogP contribution in [0.1, 0.15) is 15.2 Å². The molecule has 1 rings (SSSR count). The number of aryl methyl sites for hydroxylation is 1. The molecule has 0 aliphatic heterocycles. The second kappa shape index (κ2) is 4.72. The summed E-state index contributed by atoms with van der Waals surface area (Å²) in [5.74, 6) is -0.253. The van der Waals surface area contributed by atoms with Gasteiger partial charge in [-0.1, -0.05) is 0 Å². The lowest BCUT2D eigenvalue weighted by atomic mass is 10.3. The number of hydrogen-bond donors (Lipinski definition) is 3. The molecule has 1 heterocycles. The molecule has 0 spiro atoms. The third-order valence-corrected chi connectivity index (χ3v) is 3.62. The normalized spacial score (nSPS) is 9.57. The van der Waals surface area contributed by atoms with E-state index in [0.717, 1.165) is 9.35 Å². The quantitative estimate of drug-likeness (QED) is 0.539. The predicted octanol–water partition coefficient (Wildman–Crippen LogP) is 1.30. The van der Waals surface area contributed by atoms with Crippen molar-refractivity contribution in [2.24, 2.45) is 5.73 Å². The number of hydrazine groups is 1. The van der Waals surface area contributed by atoms with Crippen molar-refractivity contribution in [3.63, 3.8) is 0 Å². The molecule has 0 fully saturated rings. The Hall–Kier alpha value is -0.660. The Bertz CT molecular complexity index is 358. The molecule has 0 unspecified atom stereocenters. The number of nitrogens with two attached hydrogens (primary N) is 1. The van der Waals surface area contributed by atoms with Gasteiger partial charge in [-0.3, -0.25) is 15.6 Å². The molecule has 14 heavy (non-hydrogen) atoms. The summed E-state index contributed by atoms with van der Waals surface area (Å²) in [5.41, 5.74) is 10.9. The van der Waals surface area contributed by atoms with Gasteiger partial charge in [0.2, 0.25) is 0 Å². The van der Waals surface area contributed by atoms with E-state index in [0.29, 0.717) is 4.88 Å². The molecule has 4 nitrogen and oxygen atoms in total. The number of rotatable bonds is 1. The van der Waals surface area contributed by atoms with Gasteiger partial charge in [-0.15, -0.1) is 11.3 Å². The summed E-state index contributed by atoms with van der Waals surface area (Å²) in [5, 5.41) is 0.0330. The Kier molecular flexibility index (Phi) is 3.85. The highest BCUT2D eigenvalue weighted by atomic mass is 79.9. The first-order valence-electron chi connectivity index (χ1n) is 3.62. The summed E-state index contributed by atoms with van der Waals surface area (Å²) >= 11 is 9.23. The van der Waals surface area contributed by atoms with Crippen molar-refractivity contribution in [1.82, 2.24) is 10.9 Å². The molecule has 0 atom stereocenters. The molecular formula is C7H8BrN3OS2. The standard InChI is InChI=1S/C7H8BrN3OS2/c1-3-2-4(14-5(3)8)6(12)10-11-7(9)13/h2H,1H3,(H,10,12)(H3,9,11,13). The SMILES string of the molecule is Cc1cc(C(=O)NNC(N)=S)sc1Br. The number of nitrogens with one attached hydrogen (secondary N) is 2. The maximum Gasteiger partial charge on any atom is 0.279 e. The Morgan fingerprint density at radius 3 is 2.71 bits per heavy atom. The maximum atomic E-state index is 11.4. The lowest BCUT2D eigenvalue weighted by molar-refractivity contribution is 0.0948. The second-order valence-corrected chi connectivity index (χ2v) is 5.32. The number of carbonyl (C=O) groups is 1. The molecule has 1 amide bonds. The summed E-state index contributed by atoms with van der Waals surface area (Å²) < 4.78 is 0.943. The Balaban J connectivity index is 2.65. The monoisotopic (exact) mass is 293 g/mol. The van der Waals surface area contributed by atoms with Crippen LogP contribution in [0.15, 0.2) is 9.85 Å². The fourth-order valence-electron chi connectivity index (χ4n) is 0.752. The number of halogens is 1. The van der Waals surface area contributed by atoms with E-state index in [-0.39, 0.29) is 11.0 Å². The van der Waals surface area contributed by atoms with Crippen LogP contribution in [0.25, 0.3) is 0 Å². The number of thiocarbonyl (C=S) groups is 1. The van der Waals surface area contributed by atoms with Crippen molar-refractivity contribution < 1.29 is 4.79 Å². The first kappa shape index (κ1) is 11.4. The van der Waals surface area contributed by atoms with Gasteiger partial charge in [-0.2, -0.15) is 0 Å². The summed E-state index contributed by atoms with van der Waals surface area (Å²) in [6.07, 6.45) is 0. The molecule has 0 aliphatic carbocycles. The van der Waals surface area contributed by atoms with E-state index in [9.17, 15) is 4.79 Å². The zero-order chi connectivity index (χ0) is 10.7. The minimum absolute atomic E-state index is 0.0330. The third-order valence-electron chi connectivity index (χ3n) is 1.38. The Morgan fingerprint density at radius 1 is 1.64 bits per heavy atom. The summed E-state index contributed by atoms with van der Waals surface area (Å²) in [6.45, 7) is 1.92. The molecule has 0 aromatic carbocycles. The fourth-order valence-corrected chi connectivity index (χ4v) is 2.23. The van der Waals surface area contributed by atoms with Gasteiger partial charge in [0.1, 0.15) is 0 Å². The lowest BCUT2D eigenvalue weighted by Crippen LogP contribution is -2.44. The van der Waals surface area contributed by atoms with Crippen LogP contribution < -0.4 is 16.6 Å². The summed E-state index contributed by atoms with van der Waals surface area (Å²) in [7, 11) is 0. The smallest absolute Gasteiger partial charge is 0.279 e. The molecular weight excluding hydrogens is 286 g/mol. The molecule has 0 radical (unpaired) electrons. The lowest BCUT2D eigenvalue weighted by Gasteiger charge is -2.03. The van der Waals surface area contributed by atoms with Gasteiger partial charge in [0.25, 0.3) is 5.91 Å². The minimum atomic E-state index is -0.253. The van der Waals surface area contributed by atoms with Gasteiger partial charge in [0, 0.05) is 0 Å². The van der Waals surface area contributed by atoms with Crippen molar-refractivity contribution in [1.29, 1.82) is 0 Å². The van der Waals surface area contributed by atoms with E-state index >= 15 is 0 Å². The van der Waals surface area contributed by atoms with Gasteiger partial charge in [0.15, 0.2) is 5.11 Å². The van der Waals surface area contributed by atoms with E-state index in [1.165, 1.54) is 11.3 Å². The van der Waals surface area contributed by atoms with Crippen molar-refractivity contribution >= 4 is 50.5 Å². The number of carbonyl (C=O) groups excluding carboxylic acids is 1. The summed E-state index contributed by atoms with van der Waals surface area (Å²) in [4.78, 5) is 12.0. The fraction of sp³-hybridized carbons (Fsp3) is 0.143. The van der Waals surface area contributed by atoms with Gasteiger partial charge in [-0.25, -0.2) is 0 Å². The molecule has 0 saturated heterocycles. The zero-order valence-electron chi connectivity index (χ0n) is 7.26. The van der Waals surface area contributed by atoms with E-state index in [2.05, 4.69) is 39.0 Å². The highest BCUT2D eigenvalue weighted by molar-refractivity contribution is 9.11. The largest absolute Gasteiger partial charge is 0.375 e. The van der Waals surface area contributed by atoms with Crippen LogP contribution >= 0.6 is 39.5 Å². The number of amides is 1. The van der Waals surface area contributed by atoms with E-state index < -0.39 is 0 Å². The minimum Gasteiger partial charge on any atom is -0.375 e. The topological polar surface area (TPSA) is 67.2 Å². The van der Waals surface area contributed by atoms with Gasteiger partial charge >= 0.3 is 0 Å². The first-order chi connectivity index (χ1) is 6.50. The van der Waals surface area contributed by atoms with Crippen LogP contribution in [-0.2, 0) is 0 Å². The van der Waals surface area contributed by atoms with Gasteiger partial charge < -0.3 is 5.73 Å². The van der Waals surface area contributed by atoms with E-state index in [1.807, 2.05) is 6.92 Å². The van der Waals surface area contributed by atoms with Gasteiger partial charge in [0.05, 0.1) is 8.66 Å². The van der Waals surface area contributed by atoms with Crippen LogP contribution in [0.4, 0.5) is 0 Å². The number of hydrogen-bond acceptors (Lipinski definition) is 3. The van der Waals surface area contributed by atoms with E-state index in [1.54, 1.807) is 6.07 Å². The molecule has 0 saturated carbocycles. The average Bonchev–Trinajstić information content (AvgIpc) is 2.43. The maximum absolute atomic E-state index is 11.4. The van der Waals surface area contributed by atoms with Crippen LogP contribution in [0, 0.1) is 6.92 Å².